The van der Waals surface area contributed by atoms with Gasteiger partial charge in [0, 0.05) is 16.3 Å². The Hall–Kier alpha value is -2.02. The van der Waals surface area contributed by atoms with Crippen LogP contribution in [0, 0.1) is 5.82 Å². The van der Waals surface area contributed by atoms with Gasteiger partial charge in [-0.15, -0.1) is 22.7 Å². The molecule has 128 valence electrons. The summed E-state index contributed by atoms with van der Waals surface area (Å²) in [5.41, 5.74) is 1.52. The fourth-order valence-corrected chi connectivity index (χ4v) is 5.04. The first kappa shape index (κ1) is 16.4. The lowest BCUT2D eigenvalue weighted by atomic mass is 9.98. The van der Waals surface area contributed by atoms with Crippen LogP contribution in [0.5, 0.6) is 0 Å². The third-order valence-corrected chi connectivity index (χ3v) is 6.29. The second-order valence-corrected chi connectivity index (χ2v) is 7.95. The molecule has 1 amide bonds. The molecule has 1 unspecified atom stereocenters. The van der Waals surface area contributed by atoms with Gasteiger partial charge in [0.05, 0.1) is 18.3 Å². The molecule has 1 atom stereocenters. The lowest BCUT2D eigenvalue weighted by Crippen LogP contribution is -2.40. The van der Waals surface area contributed by atoms with Gasteiger partial charge in [0.25, 0.3) is 0 Å². The van der Waals surface area contributed by atoms with E-state index in [1.165, 1.54) is 21.4 Å². The Morgan fingerprint density at radius 2 is 2.04 bits per heavy atom. The van der Waals surface area contributed by atoms with Crippen molar-refractivity contribution in [2.75, 3.05) is 18.4 Å². The molecule has 0 saturated heterocycles. The number of thiophene rings is 2. The number of halogens is 1. The summed E-state index contributed by atoms with van der Waals surface area (Å²) < 4.78 is 13.8. The highest BCUT2D eigenvalue weighted by molar-refractivity contribution is 7.10. The molecule has 1 aliphatic heterocycles. The minimum absolute atomic E-state index is 0.0985. The number of carbonyl (C=O) groups is 1. The molecule has 0 saturated carbocycles. The molecule has 2 aromatic heterocycles. The molecule has 3 aromatic rings. The highest BCUT2D eigenvalue weighted by Gasteiger charge is 2.31. The van der Waals surface area contributed by atoms with E-state index in [4.69, 9.17) is 0 Å². The standard InChI is InChI=1S/C19H17FN2OS2/c20-14-4-1-2-5-15(14)21-18(23)12-22-9-7-16-13(8-11-25-16)19(22)17-6-3-10-24-17/h1-6,8,10-11,19H,7,9,12H2,(H,21,23). The van der Waals surface area contributed by atoms with Crippen LogP contribution in [-0.2, 0) is 11.2 Å². The lowest BCUT2D eigenvalue weighted by Gasteiger charge is -2.34. The Labute approximate surface area is 153 Å². The highest BCUT2D eigenvalue weighted by atomic mass is 32.1. The third-order valence-electron chi connectivity index (χ3n) is 4.37. The van der Waals surface area contributed by atoms with E-state index >= 15 is 0 Å². The van der Waals surface area contributed by atoms with Crippen molar-refractivity contribution in [1.29, 1.82) is 0 Å². The molecule has 1 N–H and O–H groups in total. The van der Waals surface area contributed by atoms with Gasteiger partial charge in [-0.05, 0) is 47.0 Å². The Morgan fingerprint density at radius 1 is 1.16 bits per heavy atom. The minimum Gasteiger partial charge on any atom is -0.322 e. The SMILES string of the molecule is O=C(CN1CCc2sccc2C1c1cccs1)Nc1ccccc1F. The zero-order valence-corrected chi connectivity index (χ0v) is 15.1. The van der Waals surface area contributed by atoms with E-state index in [9.17, 15) is 9.18 Å². The van der Waals surface area contributed by atoms with Crippen molar-refractivity contribution in [3.05, 3.63) is 74.4 Å². The second kappa shape index (κ2) is 7.07. The number of hydrogen-bond acceptors (Lipinski definition) is 4. The molecule has 0 spiro atoms. The minimum atomic E-state index is -0.413. The number of hydrogen-bond donors (Lipinski definition) is 1. The summed E-state index contributed by atoms with van der Waals surface area (Å²) in [5.74, 6) is -0.602. The van der Waals surface area contributed by atoms with Crippen LogP contribution < -0.4 is 5.32 Å². The number of para-hydroxylation sites is 1. The first-order chi connectivity index (χ1) is 12.2. The summed E-state index contributed by atoms with van der Waals surface area (Å²) in [6, 6.07) is 12.7. The highest BCUT2D eigenvalue weighted by Crippen LogP contribution is 2.39. The number of nitrogens with zero attached hydrogens (tertiary/aromatic N) is 1. The van der Waals surface area contributed by atoms with Gasteiger partial charge in [0.2, 0.25) is 5.91 Å². The molecule has 25 heavy (non-hydrogen) atoms. The maximum absolute atomic E-state index is 13.8. The van der Waals surface area contributed by atoms with Crippen LogP contribution >= 0.6 is 22.7 Å². The maximum Gasteiger partial charge on any atom is 0.238 e. The van der Waals surface area contributed by atoms with Gasteiger partial charge in [0.1, 0.15) is 5.82 Å². The molecule has 0 bridgehead atoms. The van der Waals surface area contributed by atoms with Crippen LogP contribution in [0.4, 0.5) is 10.1 Å². The van der Waals surface area contributed by atoms with Gasteiger partial charge in [-0.3, -0.25) is 9.69 Å². The summed E-state index contributed by atoms with van der Waals surface area (Å²) in [4.78, 5) is 17.3. The van der Waals surface area contributed by atoms with Crippen molar-refractivity contribution in [3.8, 4) is 0 Å². The number of benzene rings is 1. The molecule has 0 radical (unpaired) electrons. The van der Waals surface area contributed by atoms with Crippen LogP contribution in [0.25, 0.3) is 0 Å². The van der Waals surface area contributed by atoms with Crippen LogP contribution in [0.1, 0.15) is 21.4 Å². The summed E-state index contributed by atoms with van der Waals surface area (Å²) >= 11 is 3.48. The first-order valence-electron chi connectivity index (χ1n) is 8.10. The number of anilines is 1. The molecular formula is C19H17FN2OS2. The Bertz CT molecular complexity index is 875. The molecule has 3 nitrogen and oxygen atoms in total. The van der Waals surface area contributed by atoms with Crippen LogP contribution in [0.3, 0.4) is 0 Å². The van der Waals surface area contributed by atoms with Gasteiger partial charge in [-0.25, -0.2) is 4.39 Å². The lowest BCUT2D eigenvalue weighted by molar-refractivity contribution is -0.117. The van der Waals surface area contributed by atoms with Crippen molar-refractivity contribution in [2.45, 2.75) is 12.5 Å². The van der Waals surface area contributed by atoms with E-state index in [1.54, 1.807) is 40.9 Å². The van der Waals surface area contributed by atoms with E-state index in [-0.39, 0.29) is 24.2 Å². The van der Waals surface area contributed by atoms with Crippen LogP contribution in [0.2, 0.25) is 0 Å². The van der Waals surface area contributed by atoms with E-state index in [0.29, 0.717) is 0 Å². The number of rotatable bonds is 4. The monoisotopic (exact) mass is 372 g/mol. The van der Waals surface area contributed by atoms with Crippen molar-refractivity contribution >= 4 is 34.3 Å². The molecule has 1 aliphatic rings. The fraction of sp³-hybridized carbons (Fsp3) is 0.211. The Kier molecular flexibility index (Phi) is 4.65. The summed E-state index contributed by atoms with van der Waals surface area (Å²) in [7, 11) is 0. The molecular weight excluding hydrogens is 355 g/mol. The number of amides is 1. The predicted molar refractivity (Wildman–Crippen MR) is 101 cm³/mol. The molecule has 0 fully saturated rings. The number of nitrogens with one attached hydrogen (secondary N) is 1. The smallest absolute Gasteiger partial charge is 0.238 e. The van der Waals surface area contributed by atoms with Crippen molar-refractivity contribution in [2.24, 2.45) is 0 Å². The van der Waals surface area contributed by atoms with Gasteiger partial charge in [0.15, 0.2) is 0 Å². The van der Waals surface area contributed by atoms with Crippen LogP contribution in [0.15, 0.2) is 53.2 Å². The average molecular weight is 372 g/mol. The maximum atomic E-state index is 13.8. The van der Waals surface area contributed by atoms with Gasteiger partial charge in [-0.2, -0.15) is 0 Å². The average Bonchev–Trinajstić information content (AvgIpc) is 3.28. The summed E-state index contributed by atoms with van der Waals surface area (Å²) in [6.45, 7) is 1.06. The van der Waals surface area contributed by atoms with Crippen molar-refractivity contribution in [1.82, 2.24) is 4.90 Å². The quantitative estimate of drug-likeness (QED) is 0.729. The van der Waals surface area contributed by atoms with Crippen molar-refractivity contribution in [3.63, 3.8) is 0 Å². The first-order valence-corrected chi connectivity index (χ1v) is 9.86. The van der Waals surface area contributed by atoms with Crippen molar-refractivity contribution < 1.29 is 9.18 Å². The van der Waals surface area contributed by atoms with E-state index in [0.717, 1.165) is 13.0 Å². The third kappa shape index (κ3) is 3.38. The number of carbonyl (C=O) groups excluding carboxylic acids is 1. The number of fused-ring (bicyclic) bond motifs is 1. The predicted octanol–water partition coefficient (Wildman–Crippen LogP) is 4.53. The zero-order chi connectivity index (χ0) is 17.2. The topological polar surface area (TPSA) is 32.3 Å². The zero-order valence-electron chi connectivity index (χ0n) is 13.4. The molecule has 3 heterocycles. The van der Waals surface area contributed by atoms with Crippen LogP contribution in [-0.4, -0.2) is 23.9 Å². The summed E-state index contributed by atoms with van der Waals surface area (Å²) in [6.07, 6.45) is 0.946. The van der Waals surface area contributed by atoms with Gasteiger partial charge >= 0.3 is 0 Å². The van der Waals surface area contributed by atoms with Gasteiger partial charge in [-0.1, -0.05) is 18.2 Å². The molecule has 1 aromatic carbocycles. The van der Waals surface area contributed by atoms with E-state index < -0.39 is 5.82 Å². The molecule has 0 aliphatic carbocycles. The fourth-order valence-electron chi connectivity index (χ4n) is 3.26. The van der Waals surface area contributed by atoms with E-state index in [2.05, 4.69) is 33.1 Å². The second-order valence-electron chi connectivity index (χ2n) is 5.97. The Morgan fingerprint density at radius 3 is 2.84 bits per heavy atom. The summed E-state index contributed by atoms with van der Waals surface area (Å²) in [5, 5.41) is 6.87. The normalized spacial score (nSPS) is 17.2. The van der Waals surface area contributed by atoms with Gasteiger partial charge < -0.3 is 5.32 Å². The molecule has 6 heteroatoms. The Balaban J connectivity index is 1.55. The largest absolute Gasteiger partial charge is 0.322 e. The molecule has 4 rings (SSSR count). The van der Waals surface area contributed by atoms with E-state index in [1.807, 2.05) is 6.07 Å².